The molecular weight excluding hydrogens is 288 g/mol. The van der Waals surface area contributed by atoms with Gasteiger partial charge in [0.1, 0.15) is 0 Å². The predicted molar refractivity (Wildman–Crippen MR) is 61.2 cm³/mol. The highest BCUT2D eigenvalue weighted by Crippen LogP contribution is 2.37. The molecule has 2 nitrogen and oxygen atoms in total. The van der Waals surface area contributed by atoms with E-state index in [-0.39, 0.29) is 11.8 Å². The fraction of sp³-hybridized carbons (Fsp3) is 0.500. The van der Waals surface area contributed by atoms with E-state index in [0.29, 0.717) is 12.1 Å². The SMILES string of the molecule is C[C@@H](O)[C@@H](C)Nc1cc(C(F)(F)F)cc(C(F)(F)F)c1. The molecule has 8 heteroatoms. The summed E-state index contributed by atoms with van der Waals surface area (Å²) in [5.41, 5.74) is -3.14. The Hall–Kier alpha value is -1.44. The Morgan fingerprint density at radius 2 is 1.30 bits per heavy atom. The van der Waals surface area contributed by atoms with Crippen LogP contribution in [0.25, 0.3) is 0 Å². The standard InChI is InChI=1S/C12H13F6NO/c1-6(7(2)20)19-10-4-8(11(13,14)15)3-9(5-10)12(16,17)18/h3-7,19-20H,1-2H3/t6-,7-/m1/s1. The highest BCUT2D eigenvalue weighted by atomic mass is 19.4. The van der Waals surface area contributed by atoms with E-state index < -0.39 is 35.6 Å². The molecule has 0 radical (unpaired) electrons. The molecule has 0 aromatic heterocycles. The zero-order valence-electron chi connectivity index (χ0n) is 10.6. The second-order valence-electron chi connectivity index (χ2n) is 4.47. The summed E-state index contributed by atoms with van der Waals surface area (Å²) in [6, 6.07) is 0.514. The Kier molecular flexibility index (Phi) is 4.58. The molecule has 0 aliphatic carbocycles. The minimum Gasteiger partial charge on any atom is -0.391 e. The van der Waals surface area contributed by atoms with Crippen LogP contribution >= 0.6 is 0 Å². The molecular formula is C12H13F6NO. The first kappa shape index (κ1) is 16.6. The van der Waals surface area contributed by atoms with Crippen molar-refractivity contribution in [3.8, 4) is 0 Å². The van der Waals surface area contributed by atoms with Gasteiger partial charge in [0, 0.05) is 11.7 Å². The van der Waals surface area contributed by atoms with Gasteiger partial charge in [0.15, 0.2) is 0 Å². The first-order chi connectivity index (χ1) is 8.91. The number of hydrogen-bond acceptors (Lipinski definition) is 2. The Bertz CT molecular complexity index is 434. The smallest absolute Gasteiger partial charge is 0.391 e. The lowest BCUT2D eigenvalue weighted by molar-refractivity contribution is -0.143. The van der Waals surface area contributed by atoms with Crippen molar-refractivity contribution < 1.29 is 31.4 Å². The molecule has 0 bridgehead atoms. The fourth-order valence-corrected chi connectivity index (χ4v) is 1.42. The zero-order chi connectivity index (χ0) is 15.7. The van der Waals surface area contributed by atoms with E-state index in [1.807, 2.05) is 0 Å². The lowest BCUT2D eigenvalue weighted by atomic mass is 10.1. The number of nitrogens with one attached hydrogen (secondary N) is 1. The first-order valence-electron chi connectivity index (χ1n) is 5.65. The molecule has 1 rings (SSSR count). The van der Waals surface area contributed by atoms with Crippen LogP contribution in [0.1, 0.15) is 25.0 Å². The van der Waals surface area contributed by atoms with Crippen molar-refractivity contribution in [2.75, 3.05) is 5.32 Å². The monoisotopic (exact) mass is 301 g/mol. The van der Waals surface area contributed by atoms with E-state index in [2.05, 4.69) is 5.32 Å². The number of benzene rings is 1. The van der Waals surface area contributed by atoms with Gasteiger partial charge in [-0.2, -0.15) is 26.3 Å². The molecule has 2 N–H and O–H groups in total. The molecule has 0 aliphatic heterocycles. The van der Waals surface area contributed by atoms with Gasteiger partial charge in [-0.1, -0.05) is 0 Å². The average molecular weight is 301 g/mol. The van der Waals surface area contributed by atoms with E-state index in [1.54, 1.807) is 0 Å². The Morgan fingerprint density at radius 3 is 1.60 bits per heavy atom. The lowest BCUT2D eigenvalue weighted by Gasteiger charge is -2.20. The second kappa shape index (κ2) is 5.51. The van der Waals surface area contributed by atoms with Gasteiger partial charge in [-0.15, -0.1) is 0 Å². The summed E-state index contributed by atoms with van der Waals surface area (Å²) in [5.74, 6) is 0. The summed E-state index contributed by atoms with van der Waals surface area (Å²) < 4.78 is 75.5. The number of halogens is 6. The lowest BCUT2D eigenvalue weighted by Crippen LogP contribution is -2.28. The molecule has 0 spiro atoms. The quantitative estimate of drug-likeness (QED) is 0.830. The van der Waals surface area contributed by atoms with E-state index in [4.69, 9.17) is 0 Å². The van der Waals surface area contributed by atoms with Gasteiger partial charge in [-0.25, -0.2) is 0 Å². The largest absolute Gasteiger partial charge is 0.416 e. The van der Waals surface area contributed by atoms with Crippen LogP contribution in [0.5, 0.6) is 0 Å². The Balaban J connectivity index is 3.24. The van der Waals surface area contributed by atoms with Crippen LogP contribution in [0, 0.1) is 0 Å². The maximum Gasteiger partial charge on any atom is 0.416 e. The summed E-state index contributed by atoms with van der Waals surface area (Å²) in [7, 11) is 0. The van der Waals surface area contributed by atoms with E-state index >= 15 is 0 Å². The van der Waals surface area contributed by atoms with Crippen LogP contribution in [-0.4, -0.2) is 17.3 Å². The van der Waals surface area contributed by atoms with Crippen molar-refractivity contribution >= 4 is 5.69 Å². The first-order valence-corrected chi connectivity index (χ1v) is 5.65. The summed E-state index contributed by atoms with van der Waals surface area (Å²) in [5, 5.41) is 11.6. The minimum atomic E-state index is -4.88. The van der Waals surface area contributed by atoms with Crippen molar-refractivity contribution in [2.24, 2.45) is 0 Å². The third-order valence-electron chi connectivity index (χ3n) is 2.71. The molecule has 0 heterocycles. The summed E-state index contributed by atoms with van der Waals surface area (Å²) >= 11 is 0. The number of anilines is 1. The summed E-state index contributed by atoms with van der Waals surface area (Å²) in [4.78, 5) is 0. The van der Waals surface area contributed by atoms with Crippen molar-refractivity contribution in [1.82, 2.24) is 0 Å². The molecule has 0 fully saturated rings. The number of aliphatic hydroxyl groups excluding tert-OH is 1. The number of aliphatic hydroxyl groups is 1. The number of alkyl halides is 6. The van der Waals surface area contributed by atoms with Gasteiger partial charge in [-0.05, 0) is 32.0 Å². The van der Waals surface area contributed by atoms with Gasteiger partial charge in [-0.3, -0.25) is 0 Å². The van der Waals surface area contributed by atoms with Crippen LogP contribution in [0.4, 0.5) is 32.0 Å². The van der Waals surface area contributed by atoms with Gasteiger partial charge in [0.05, 0.1) is 17.2 Å². The van der Waals surface area contributed by atoms with Crippen molar-refractivity contribution in [1.29, 1.82) is 0 Å². The number of rotatable bonds is 3. The Morgan fingerprint density at radius 1 is 0.900 bits per heavy atom. The summed E-state index contributed by atoms with van der Waals surface area (Å²) in [6.45, 7) is 2.81. The average Bonchev–Trinajstić information content (AvgIpc) is 2.26. The fourth-order valence-electron chi connectivity index (χ4n) is 1.42. The van der Waals surface area contributed by atoms with Crippen LogP contribution in [0.2, 0.25) is 0 Å². The molecule has 2 atom stereocenters. The van der Waals surface area contributed by atoms with Crippen LogP contribution in [0.3, 0.4) is 0 Å². The maximum atomic E-state index is 12.6. The molecule has 20 heavy (non-hydrogen) atoms. The minimum absolute atomic E-state index is 0.0538. The molecule has 0 saturated carbocycles. The number of hydrogen-bond donors (Lipinski definition) is 2. The van der Waals surface area contributed by atoms with Crippen molar-refractivity contribution in [2.45, 2.75) is 38.3 Å². The topological polar surface area (TPSA) is 32.3 Å². The van der Waals surface area contributed by atoms with Crippen molar-refractivity contribution in [3.05, 3.63) is 29.3 Å². The zero-order valence-corrected chi connectivity index (χ0v) is 10.6. The van der Waals surface area contributed by atoms with Gasteiger partial charge in [0.25, 0.3) is 0 Å². The molecule has 114 valence electrons. The van der Waals surface area contributed by atoms with E-state index in [1.165, 1.54) is 13.8 Å². The third-order valence-corrected chi connectivity index (χ3v) is 2.71. The molecule has 0 amide bonds. The van der Waals surface area contributed by atoms with Crippen LogP contribution < -0.4 is 5.32 Å². The van der Waals surface area contributed by atoms with Gasteiger partial charge < -0.3 is 10.4 Å². The normalized spacial score (nSPS) is 15.8. The van der Waals surface area contributed by atoms with E-state index in [0.717, 1.165) is 0 Å². The highest BCUT2D eigenvalue weighted by molar-refractivity contribution is 5.51. The molecule has 1 aromatic rings. The van der Waals surface area contributed by atoms with Crippen molar-refractivity contribution in [3.63, 3.8) is 0 Å². The van der Waals surface area contributed by atoms with Gasteiger partial charge >= 0.3 is 12.4 Å². The second-order valence-corrected chi connectivity index (χ2v) is 4.47. The van der Waals surface area contributed by atoms with E-state index in [9.17, 15) is 31.4 Å². The molecule has 0 unspecified atom stereocenters. The predicted octanol–water partition coefficient (Wildman–Crippen LogP) is 3.91. The third kappa shape index (κ3) is 4.29. The molecule has 1 aromatic carbocycles. The van der Waals surface area contributed by atoms with Crippen LogP contribution in [0.15, 0.2) is 18.2 Å². The highest BCUT2D eigenvalue weighted by Gasteiger charge is 2.37. The van der Waals surface area contributed by atoms with Gasteiger partial charge in [0.2, 0.25) is 0 Å². The molecule has 0 aliphatic rings. The molecule has 0 saturated heterocycles. The Labute approximate surface area is 111 Å². The summed E-state index contributed by atoms with van der Waals surface area (Å²) in [6.07, 6.45) is -10.7. The van der Waals surface area contributed by atoms with Crippen LogP contribution in [-0.2, 0) is 12.4 Å². The maximum absolute atomic E-state index is 12.6.